The van der Waals surface area contributed by atoms with Crippen LogP contribution >= 0.6 is 15.9 Å². The SMILES string of the molecule is CCOC(=O)C(O)c1cc(C)c(C)c(Br)c1. The van der Waals surface area contributed by atoms with Crippen molar-refractivity contribution in [3.05, 3.63) is 33.3 Å². The Bertz CT molecular complexity index is 378. The maximum absolute atomic E-state index is 11.4. The number of esters is 1. The second-order valence-corrected chi connectivity index (χ2v) is 4.45. The summed E-state index contributed by atoms with van der Waals surface area (Å²) in [6.07, 6.45) is -1.21. The maximum Gasteiger partial charge on any atom is 0.339 e. The molecule has 88 valence electrons. The molecule has 16 heavy (non-hydrogen) atoms. The van der Waals surface area contributed by atoms with Gasteiger partial charge in [0.15, 0.2) is 6.10 Å². The zero-order valence-electron chi connectivity index (χ0n) is 9.58. The van der Waals surface area contributed by atoms with Crippen molar-refractivity contribution in [2.24, 2.45) is 0 Å². The zero-order valence-corrected chi connectivity index (χ0v) is 11.2. The van der Waals surface area contributed by atoms with Crippen LogP contribution in [-0.4, -0.2) is 17.7 Å². The molecule has 0 saturated carbocycles. The highest BCUT2D eigenvalue weighted by Crippen LogP contribution is 2.25. The number of aliphatic hydroxyl groups excluding tert-OH is 1. The molecule has 0 aliphatic carbocycles. The summed E-state index contributed by atoms with van der Waals surface area (Å²) in [4.78, 5) is 11.4. The summed E-state index contributed by atoms with van der Waals surface area (Å²) in [5.41, 5.74) is 2.67. The van der Waals surface area contributed by atoms with Crippen LogP contribution in [0.4, 0.5) is 0 Å². The van der Waals surface area contributed by atoms with Crippen LogP contribution in [0.15, 0.2) is 16.6 Å². The lowest BCUT2D eigenvalue weighted by molar-refractivity contribution is -0.153. The monoisotopic (exact) mass is 286 g/mol. The largest absolute Gasteiger partial charge is 0.464 e. The number of carbonyl (C=O) groups is 1. The summed E-state index contributed by atoms with van der Waals surface area (Å²) in [5.74, 6) is -0.613. The highest BCUT2D eigenvalue weighted by Gasteiger charge is 2.19. The average Bonchev–Trinajstić information content (AvgIpc) is 2.24. The fourth-order valence-electron chi connectivity index (χ4n) is 1.36. The van der Waals surface area contributed by atoms with Gasteiger partial charge in [0.2, 0.25) is 0 Å². The van der Waals surface area contributed by atoms with Crippen molar-refractivity contribution >= 4 is 21.9 Å². The molecule has 3 nitrogen and oxygen atoms in total. The lowest BCUT2D eigenvalue weighted by Crippen LogP contribution is -2.15. The molecule has 1 aromatic rings. The molecule has 1 rings (SSSR count). The molecule has 1 atom stereocenters. The number of aryl methyl sites for hydroxylation is 1. The van der Waals surface area contributed by atoms with Crippen LogP contribution < -0.4 is 0 Å². The molecule has 1 N–H and O–H groups in total. The van der Waals surface area contributed by atoms with E-state index in [9.17, 15) is 9.90 Å². The normalized spacial score (nSPS) is 12.3. The topological polar surface area (TPSA) is 46.5 Å². The Morgan fingerprint density at radius 1 is 1.50 bits per heavy atom. The molecule has 0 heterocycles. The van der Waals surface area contributed by atoms with Crippen molar-refractivity contribution in [2.75, 3.05) is 6.61 Å². The summed E-state index contributed by atoms with van der Waals surface area (Å²) >= 11 is 3.39. The third-order valence-corrected chi connectivity index (χ3v) is 3.28. The summed E-state index contributed by atoms with van der Waals surface area (Å²) in [6, 6.07) is 3.53. The molecular weight excluding hydrogens is 272 g/mol. The molecule has 0 aliphatic heterocycles. The summed E-state index contributed by atoms with van der Waals surface area (Å²) < 4.78 is 5.64. The lowest BCUT2D eigenvalue weighted by atomic mass is 10.0. The Morgan fingerprint density at radius 3 is 2.62 bits per heavy atom. The molecule has 0 fully saturated rings. The number of carbonyl (C=O) groups excluding carboxylic acids is 1. The van der Waals surface area contributed by atoms with Gasteiger partial charge >= 0.3 is 5.97 Å². The standard InChI is InChI=1S/C12H15BrO3/c1-4-16-12(15)11(14)9-5-7(2)8(3)10(13)6-9/h5-6,11,14H,4H2,1-3H3. The predicted octanol–water partition coefficient (Wildman–Crippen LogP) is 2.66. The van der Waals surface area contributed by atoms with E-state index in [1.807, 2.05) is 13.8 Å². The predicted molar refractivity (Wildman–Crippen MR) is 65.2 cm³/mol. The van der Waals surface area contributed by atoms with E-state index in [0.29, 0.717) is 5.56 Å². The smallest absolute Gasteiger partial charge is 0.339 e. The van der Waals surface area contributed by atoms with Gasteiger partial charge in [0.05, 0.1) is 6.61 Å². The maximum atomic E-state index is 11.4. The van der Waals surface area contributed by atoms with Crippen molar-refractivity contribution in [1.29, 1.82) is 0 Å². The van der Waals surface area contributed by atoms with Crippen molar-refractivity contribution in [2.45, 2.75) is 26.9 Å². The number of hydrogen-bond donors (Lipinski definition) is 1. The number of benzene rings is 1. The minimum absolute atomic E-state index is 0.266. The molecule has 0 saturated heterocycles. The van der Waals surface area contributed by atoms with E-state index in [1.165, 1.54) is 0 Å². The second-order valence-electron chi connectivity index (χ2n) is 3.60. The van der Waals surface area contributed by atoms with Gasteiger partial charge in [0, 0.05) is 4.47 Å². The Labute approximate surface area is 104 Å². The van der Waals surface area contributed by atoms with E-state index in [2.05, 4.69) is 15.9 Å². The van der Waals surface area contributed by atoms with E-state index in [4.69, 9.17) is 4.74 Å². The van der Waals surface area contributed by atoms with Gasteiger partial charge in [-0.3, -0.25) is 0 Å². The number of aliphatic hydroxyl groups is 1. The minimum Gasteiger partial charge on any atom is -0.464 e. The third kappa shape index (κ3) is 2.83. The Hall–Kier alpha value is -0.870. The summed E-state index contributed by atoms with van der Waals surface area (Å²) in [5, 5.41) is 9.76. The Morgan fingerprint density at radius 2 is 2.12 bits per heavy atom. The van der Waals surface area contributed by atoms with Gasteiger partial charge in [-0.1, -0.05) is 22.0 Å². The van der Waals surface area contributed by atoms with Crippen molar-refractivity contribution in [1.82, 2.24) is 0 Å². The fraction of sp³-hybridized carbons (Fsp3) is 0.417. The van der Waals surface area contributed by atoms with Crippen LogP contribution in [0, 0.1) is 13.8 Å². The molecule has 0 aromatic heterocycles. The molecule has 1 unspecified atom stereocenters. The van der Waals surface area contributed by atoms with Crippen LogP contribution in [0.1, 0.15) is 29.7 Å². The zero-order chi connectivity index (χ0) is 12.3. The molecule has 0 aliphatic rings. The van der Waals surface area contributed by atoms with Gasteiger partial charge in [-0.05, 0) is 43.5 Å². The number of rotatable bonds is 3. The molecule has 0 radical (unpaired) electrons. The highest BCUT2D eigenvalue weighted by molar-refractivity contribution is 9.10. The summed E-state index contributed by atoms with van der Waals surface area (Å²) in [6.45, 7) is 5.88. The average molecular weight is 287 g/mol. The van der Waals surface area contributed by atoms with Gasteiger partial charge in [-0.25, -0.2) is 4.79 Å². The highest BCUT2D eigenvalue weighted by atomic mass is 79.9. The van der Waals surface area contributed by atoms with E-state index in [0.717, 1.165) is 15.6 Å². The Balaban J connectivity index is 3.01. The molecular formula is C12H15BrO3. The first-order valence-electron chi connectivity index (χ1n) is 5.08. The van der Waals surface area contributed by atoms with E-state index in [-0.39, 0.29) is 6.61 Å². The van der Waals surface area contributed by atoms with Gasteiger partial charge in [0.25, 0.3) is 0 Å². The fourth-order valence-corrected chi connectivity index (χ4v) is 1.94. The lowest BCUT2D eigenvalue weighted by Gasteiger charge is -2.12. The van der Waals surface area contributed by atoms with Gasteiger partial charge in [0.1, 0.15) is 0 Å². The van der Waals surface area contributed by atoms with E-state index < -0.39 is 12.1 Å². The van der Waals surface area contributed by atoms with Crippen LogP contribution in [0.25, 0.3) is 0 Å². The van der Waals surface area contributed by atoms with Crippen LogP contribution in [0.5, 0.6) is 0 Å². The quantitative estimate of drug-likeness (QED) is 0.869. The van der Waals surface area contributed by atoms with Crippen LogP contribution in [0.3, 0.4) is 0 Å². The summed E-state index contributed by atoms with van der Waals surface area (Å²) in [7, 11) is 0. The number of hydrogen-bond acceptors (Lipinski definition) is 3. The molecule has 0 bridgehead atoms. The van der Waals surface area contributed by atoms with E-state index >= 15 is 0 Å². The molecule has 1 aromatic carbocycles. The molecule has 0 amide bonds. The van der Waals surface area contributed by atoms with Crippen LogP contribution in [-0.2, 0) is 9.53 Å². The van der Waals surface area contributed by atoms with Crippen molar-refractivity contribution in [3.63, 3.8) is 0 Å². The second kappa shape index (κ2) is 5.46. The first kappa shape index (κ1) is 13.2. The van der Waals surface area contributed by atoms with Crippen molar-refractivity contribution in [3.8, 4) is 0 Å². The molecule has 4 heteroatoms. The Kier molecular flexibility index (Phi) is 4.50. The van der Waals surface area contributed by atoms with Crippen molar-refractivity contribution < 1.29 is 14.6 Å². The van der Waals surface area contributed by atoms with Gasteiger partial charge < -0.3 is 9.84 Å². The third-order valence-electron chi connectivity index (χ3n) is 2.45. The van der Waals surface area contributed by atoms with Gasteiger partial charge in [-0.15, -0.1) is 0 Å². The first-order valence-corrected chi connectivity index (χ1v) is 5.88. The minimum atomic E-state index is -1.21. The number of ether oxygens (including phenoxy) is 1. The van der Waals surface area contributed by atoms with Gasteiger partial charge in [-0.2, -0.15) is 0 Å². The molecule has 0 spiro atoms. The van der Waals surface area contributed by atoms with E-state index in [1.54, 1.807) is 19.1 Å². The van der Waals surface area contributed by atoms with Crippen LogP contribution in [0.2, 0.25) is 0 Å². The first-order chi connectivity index (χ1) is 7.47. The number of halogens is 1.